The van der Waals surface area contributed by atoms with Crippen molar-refractivity contribution in [3.63, 3.8) is 0 Å². The summed E-state index contributed by atoms with van der Waals surface area (Å²) < 4.78 is 4.81. The van der Waals surface area contributed by atoms with Gasteiger partial charge < -0.3 is 9.84 Å². The lowest BCUT2D eigenvalue weighted by Crippen LogP contribution is -2.13. The Morgan fingerprint density at radius 2 is 1.82 bits per heavy atom. The summed E-state index contributed by atoms with van der Waals surface area (Å²) in [7, 11) is 1.38. The summed E-state index contributed by atoms with van der Waals surface area (Å²) in [4.78, 5) is 11.8. The highest BCUT2D eigenvalue weighted by Gasteiger charge is 2.24. The number of aromatic amines is 1. The van der Waals surface area contributed by atoms with Gasteiger partial charge in [0.25, 0.3) is 0 Å². The number of carbonyl (C=O) groups excluding carboxylic acids is 1. The molecular formula is C26H26ClN3O3. The first-order valence-electron chi connectivity index (χ1n) is 10.7. The van der Waals surface area contributed by atoms with Crippen LogP contribution in [0.1, 0.15) is 38.3 Å². The van der Waals surface area contributed by atoms with Gasteiger partial charge in [-0.25, -0.2) is 0 Å². The predicted octanol–water partition coefficient (Wildman–Crippen LogP) is 6.05. The Hall–Kier alpha value is -3.38. The maximum atomic E-state index is 11.8. The van der Waals surface area contributed by atoms with Gasteiger partial charge in [-0.3, -0.25) is 9.89 Å². The van der Waals surface area contributed by atoms with E-state index in [0.29, 0.717) is 22.5 Å². The number of halogens is 1. The number of hydrogen-bond acceptors (Lipinski definition) is 5. The van der Waals surface area contributed by atoms with E-state index in [9.17, 15) is 9.90 Å². The molecule has 0 spiro atoms. The van der Waals surface area contributed by atoms with E-state index in [0.717, 1.165) is 33.3 Å². The van der Waals surface area contributed by atoms with E-state index in [1.54, 1.807) is 0 Å². The summed E-state index contributed by atoms with van der Waals surface area (Å²) >= 11 is 6.63. The molecule has 0 saturated heterocycles. The SMILES string of the molecule is COC(=O)CCc1cc(-c2ccccc2-c2c(Cl)ccc3[nH]nnc23)c(O)c(C(C)(C)C)c1. The van der Waals surface area contributed by atoms with Gasteiger partial charge in [-0.15, -0.1) is 5.10 Å². The van der Waals surface area contributed by atoms with Gasteiger partial charge in [0.05, 0.1) is 17.6 Å². The highest BCUT2D eigenvalue weighted by Crippen LogP contribution is 2.45. The van der Waals surface area contributed by atoms with Crippen LogP contribution in [0.5, 0.6) is 5.75 Å². The van der Waals surface area contributed by atoms with Crippen molar-refractivity contribution in [2.24, 2.45) is 0 Å². The van der Waals surface area contributed by atoms with E-state index in [1.165, 1.54) is 7.11 Å². The van der Waals surface area contributed by atoms with E-state index >= 15 is 0 Å². The van der Waals surface area contributed by atoms with E-state index in [2.05, 4.69) is 36.2 Å². The largest absolute Gasteiger partial charge is 0.507 e. The number of methoxy groups -OCH3 is 1. The van der Waals surface area contributed by atoms with E-state index in [-0.39, 0.29) is 23.6 Å². The van der Waals surface area contributed by atoms with E-state index in [1.807, 2.05) is 48.5 Å². The van der Waals surface area contributed by atoms with Crippen LogP contribution in [0.15, 0.2) is 48.5 Å². The third kappa shape index (κ3) is 4.44. The van der Waals surface area contributed by atoms with Crippen molar-refractivity contribution in [1.82, 2.24) is 15.4 Å². The second-order valence-electron chi connectivity index (χ2n) is 9.04. The first-order valence-corrected chi connectivity index (χ1v) is 11.1. The van der Waals surface area contributed by atoms with Crippen molar-refractivity contribution in [2.45, 2.75) is 39.0 Å². The lowest BCUT2D eigenvalue weighted by molar-refractivity contribution is -0.140. The minimum absolute atomic E-state index is 0.209. The Morgan fingerprint density at radius 3 is 2.52 bits per heavy atom. The van der Waals surface area contributed by atoms with E-state index in [4.69, 9.17) is 16.3 Å². The molecule has 0 aliphatic carbocycles. The number of nitrogens with zero attached hydrogens (tertiary/aromatic N) is 2. The summed E-state index contributed by atoms with van der Waals surface area (Å²) in [5, 5.41) is 23.0. The van der Waals surface area contributed by atoms with Crippen LogP contribution in [0.25, 0.3) is 33.3 Å². The van der Waals surface area contributed by atoms with Crippen LogP contribution in [0.3, 0.4) is 0 Å². The van der Waals surface area contributed by atoms with Crippen molar-refractivity contribution < 1.29 is 14.6 Å². The predicted molar refractivity (Wildman–Crippen MR) is 130 cm³/mol. The monoisotopic (exact) mass is 463 g/mol. The molecule has 4 rings (SSSR count). The molecule has 7 heteroatoms. The number of phenolic OH excluding ortho intramolecular Hbond substituents is 1. The fourth-order valence-corrected chi connectivity index (χ4v) is 4.30. The number of benzene rings is 3. The van der Waals surface area contributed by atoms with Crippen molar-refractivity contribution in [1.29, 1.82) is 0 Å². The molecule has 33 heavy (non-hydrogen) atoms. The molecule has 2 N–H and O–H groups in total. The highest BCUT2D eigenvalue weighted by molar-refractivity contribution is 6.35. The maximum absolute atomic E-state index is 11.8. The molecule has 3 aromatic carbocycles. The quantitative estimate of drug-likeness (QED) is 0.351. The smallest absolute Gasteiger partial charge is 0.305 e. The zero-order valence-corrected chi connectivity index (χ0v) is 19.8. The number of aromatic nitrogens is 3. The van der Waals surface area contributed by atoms with Gasteiger partial charge in [0, 0.05) is 23.1 Å². The highest BCUT2D eigenvalue weighted by atomic mass is 35.5. The third-order valence-corrected chi connectivity index (χ3v) is 6.07. The number of rotatable bonds is 5. The normalized spacial score (nSPS) is 11.7. The Balaban J connectivity index is 1.95. The molecule has 0 aliphatic rings. The zero-order valence-electron chi connectivity index (χ0n) is 19.1. The molecule has 6 nitrogen and oxygen atoms in total. The molecule has 1 aromatic heterocycles. The Morgan fingerprint density at radius 1 is 1.09 bits per heavy atom. The molecule has 0 saturated carbocycles. The number of phenols is 1. The van der Waals surface area contributed by atoms with Gasteiger partial charge in [0.1, 0.15) is 11.3 Å². The number of fused-ring (bicyclic) bond motifs is 1. The number of ether oxygens (including phenoxy) is 1. The third-order valence-electron chi connectivity index (χ3n) is 5.76. The Bertz CT molecular complexity index is 1340. The minimum Gasteiger partial charge on any atom is -0.507 e. The van der Waals surface area contributed by atoms with Gasteiger partial charge in [-0.1, -0.05) is 67.9 Å². The number of carbonyl (C=O) groups is 1. The lowest BCUT2D eigenvalue weighted by Gasteiger charge is -2.24. The van der Waals surface area contributed by atoms with Crippen LogP contribution in [0.4, 0.5) is 0 Å². The van der Waals surface area contributed by atoms with Crippen LogP contribution >= 0.6 is 11.6 Å². The first kappa shape index (κ1) is 22.8. The van der Waals surface area contributed by atoms with Crippen molar-refractivity contribution >= 4 is 28.6 Å². The summed E-state index contributed by atoms with van der Waals surface area (Å²) in [5.74, 6) is -0.0629. The van der Waals surface area contributed by atoms with Crippen LogP contribution in [-0.4, -0.2) is 33.6 Å². The standard InChI is InChI=1S/C26H26ClN3O3/c1-26(2,3)19-14-15(9-12-22(31)33-4)13-18(25(19)32)16-7-5-6-8-17(16)23-20(27)10-11-21-24(23)29-30-28-21/h5-8,10-11,13-14,32H,9,12H2,1-4H3,(H,28,29,30). The van der Waals surface area contributed by atoms with Gasteiger partial charge >= 0.3 is 5.97 Å². The number of esters is 1. The molecular weight excluding hydrogens is 438 g/mol. The molecule has 0 atom stereocenters. The Kier molecular flexibility index (Phi) is 6.13. The Labute approximate surface area is 197 Å². The number of aryl methyl sites for hydroxylation is 1. The van der Waals surface area contributed by atoms with Crippen molar-refractivity contribution in [2.75, 3.05) is 7.11 Å². The van der Waals surface area contributed by atoms with Crippen LogP contribution in [0, 0.1) is 0 Å². The van der Waals surface area contributed by atoms with Gasteiger partial charge in [-0.05, 0) is 46.7 Å². The van der Waals surface area contributed by atoms with Crippen LogP contribution < -0.4 is 0 Å². The van der Waals surface area contributed by atoms with Gasteiger partial charge in [0.15, 0.2) is 0 Å². The average Bonchev–Trinajstić information content (AvgIpc) is 3.26. The second kappa shape index (κ2) is 8.87. The van der Waals surface area contributed by atoms with Crippen LogP contribution in [-0.2, 0) is 21.4 Å². The fraction of sp³-hybridized carbons (Fsp3) is 0.269. The number of hydrogen-bond donors (Lipinski definition) is 2. The van der Waals surface area contributed by atoms with Crippen LogP contribution in [0.2, 0.25) is 5.02 Å². The maximum Gasteiger partial charge on any atom is 0.305 e. The molecule has 170 valence electrons. The molecule has 0 bridgehead atoms. The fourth-order valence-electron chi connectivity index (χ4n) is 4.05. The topological polar surface area (TPSA) is 88.1 Å². The zero-order chi connectivity index (χ0) is 23.8. The number of aromatic hydroxyl groups is 1. The molecule has 0 aliphatic heterocycles. The van der Waals surface area contributed by atoms with Crippen molar-refractivity contribution in [3.8, 4) is 28.0 Å². The number of nitrogens with one attached hydrogen (secondary N) is 1. The van der Waals surface area contributed by atoms with Gasteiger partial charge in [0.2, 0.25) is 0 Å². The minimum atomic E-state index is -0.307. The first-order chi connectivity index (χ1) is 15.7. The summed E-state index contributed by atoms with van der Waals surface area (Å²) in [6, 6.07) is 15.3. The molecule has 1 heterocycles. The molecule has 0 fully saturated rings. The molecule has 0 radical (unpaired) electrons. The summed E-state index contributed by atoms with van der Waals surface area (Å²) in [6.07, 6.45) is 0.765. The summed E-state index contributed by atoms with van der Waals surface area (Å²) in [5.41, 5.74) is 5.95. The van der Waals surface area contributed by atoms with Gasteiger partial charge in [-0.2, -0.15) is 0 Å². The molecule has 4 aromatic rings. The average molecular weight is 464 g/mol. The summed E-state index contributed by atoms with van der Waals surface area (Å²) in [6.45, 7) is 6.15. The lowest BCUT2D eigenvalue weighted by atomic mass is 9.81. The van der Waals surface area contributed by atoms with E-state index < -0.39 is 0 Å². The van der Waals surface area contributed by atoms with Crippen molar-refractivity contribution in [3.05, 3.63) is 64.7 Å². The molecule has 0 amide bonds. The molecule has 0 unspecified atom stereocenters. The second-order valence-corrected chi connectivity index (χ2v) is 9.45. The number of H-pyrrole nitrogens is 1.